The Kier molecular flexibility index (Phi) is 8.78. The fraction of sp³-hybridized carbons (Fsp3) is 1.00. The Balaban J connectivity index is 2.46. The van der Waals surface area contributed by atoms with Gasteiger partial charge < -0.3 is 14.8 Å². The molecule has 6 heteroatoms. The molecule has 126 valence electrons. The van der Waals surface area contributed by atoms with Gasteiger partial charge in [0.25, 0.3) is 0 Å². The van der Waals surface area contributed by atoms with Crippen LogP contribution in [0.4, 0.5) is 0 Å². The molecule has 1 N–H and O–H groups in total. The number of hydrogen-bond acceptors (Lipinski definition) is 5. The van der Waals surface area contributed by atoms with Crippen LogP contribution < -0.4 is 5.32 Å². The fourth-order valence-corrected chi connectivity index (χ4v) is 4.35. The van der Waals surface area contributed by atoms with Crippen molar-refractivity contribution in [1.29, 1.82) is 0 Å². The van der Waals surface area contributed by atoms with Gasteiger partial charge in [-0.1, -0.05) is 13.3 Å². The predicted octanol–water partition coefficient (Wildman–Crippen LogP) is 1.62. The number of methoxy groups -OCH3 is 1. The van der Waals surface area contributed by atoms with E-state index in [9.17, 15) is 8.42 Å². The highest BCUT2D eigenvalue weighted by Gasteiger charge is 2.32. The molecule has 0 aliphatic heterocycles. The van der Waals surface area contributed by atoms with E-state index in [-0.39, 0.29) is 5.25 Å². The van der Waals surface area contributed by atoms with E-state index in [1.165, 1.54) is 6.26 Å². The van der Waals surface area contributed by atoms with E-state index in [1.807, 2.05) is 0 Å². The number of sulfone groups is 1. The zero-order valence-corrected chi connectivity index (χ0v) is 14.5. The molecule has 0 aromatic carbocycles. The van der Waals surface area contributed by atoms with Crippen LogP contribution in [0.2, 0.25) is 0 Å². The molecular formula is C15H31NO4S. The number of ether oxygens (including phenoxy) is 2. The van der Waals surface area contributed by atoms with E-state index in [1.54, 1.807) is 7.11 Å². The lowest BCUT2D eigenvalue weighted by atomic mass is 9.82. The third-order valence-corrected chi connectivity index (χ3v) is 5.95. The summed E-state index contributed by atoms with van der Waals surface area (Å²) >= 11 is 0. The highest BCUT2D eigenvalue weighted by atomic mass is 32.2. The number of rotatable bonds is 10. The Morgan fingerprint density at radius 3 is 2.62 bits per heavy atom. The van der Waals surface area contributed by atoms with Crippen LogP contribution in [0.1, 0.15) is 39.0 Å². The minimum atomic E-state index is -2.92. The van der Waals surface area contributed by atoms with Gasteiger partial charge >= 0.3 is 0 Å². The summed E-state index contributed by atoms with van der Waals surface area (Å²) in [4.78, 5) is 0. The van der Waals surface area contributed by atoms with Gasteiger partial charge in [0.15, 0.2) is 0 Å². The van der Waals surface area contributed by atoms with E-state index in [0.29, 0.717) is 31.8 Å². The second-order valence-electron chi connectivity index (χ2n) is 5.94. The Labute approximate surface area is 129 Å². The van der Waals surface area contributed by atoms with E-state index < -0.39 is 9.84 Å². The standard InChI is InChI=1S/C15H31NO4S/c1-4-16-15(8-9-20-11-10-19-2)13-6-5-7-14(12-13)21(3,17)18/h13-16H,4-12H2,1-3H3. The van der Waals surface area contributed by atoms with Crippen molar-refractivity contribution < 1.29 is 17.9 Å². The zero-order valence-electron chi connectivity index (χ0n) is 13.6. The van der Waals surface area contributed by atoms with Crippen molar-refractivity contribution in [3.63, 3.8) is 0 Å². The van der Waals surface area contributed by atoms with Crippen LogP contribution in [0, 0.1) is 5.92 Å². The molecule has 1 aliphatic carbocycles. The molecule has 0 amide bonds. The lowest BCUT2D eigenvalue weighted by Gasteiger charge is -2.34. The Bertz CT molecular complexity index is 372. The van der Waals surface area contributed by atoms with Crippen molar-refractivity contribution in [1.82, 2.24) is 5.32 Å². The van der Waals surface area contributed by atoms with Crippen LogP contribution in [-0.4, -0.2) is 59.4 Å². The Morgan fingerprint density at radius 2 is 2.00 bits per heavy atom. The Hall–Kier alpha value is -0.170. The highest BCUT2D eigenvalue weighted by molar-refractivity contribution is 7.91. The van der Waals surface area contributed by atoms with Gasteiger partial charge in [0.2, 0.25) is 0 Å². The van der Waals surface area contributed by atoms with Gasteiger partial charge in [0, 0.05) is 26.0 Å². The SMILES string of the molecule is CCNC(CCOCCOC)C1CCCC(S(C)(=O)=O)C1. The summed E-state index contributed by atoms with van der Waals surface area (Å²) in [6.45, 7) is 4.93. The fourth-order valence-electron chi connectivity index (χ4n) is 3.16. The summed E-state index contributed by atoms with van der Waals surface area (Å²) < 4.78 is 34.1. The molecule has 1 aliphatic rings. The summed E-state index contributed by atoms with van der Waals surface area (Å²) in [5.41, 5.74) is 0. The maximum Gasteiger partial charge on any atom is 0.150 e. The summed E-state index contributed by atoms with van der Waals surface area (Å²) in [6, 6.07) is 0.349. The van der Waals surface area contributed by atoms with Crippen molar-refractivity contribution in [2.45, 2.75) is 50.3 Å². The van der Waals surface area contributed by atoms with Gasteiger partial charge in [0.05, 0.1) is 18.5 Å². The van der Waals surface area contributed by atoms with Crippen molar-refractivity contribution in [3.05, 3.63) is 0 Å². The average Bonchev–Trinajstić information content (AvgIpc) is 2.45. The van der Waals surface area contributed by atoms with E-state index in [0.717, 1.165) is 38.6 Å². The maximum absolute atomic E-state index is 11.8. The molecule has 21 heavy (non-hydrogen) atoms. The Morgan fingerprint density at radius 1 is 1.24 bits per heavy atom. The van der Waals surface area contributed by atoms with E-state index in [4.69, 9.17) is 9.47 Å². The quantitative estimate of drug-likeness (QED) is 0.620. The first-order chi connectivity index (χ1) is 9.99. The van der Waals surface area contributed by atoms with Crippen molar-refractivity contribution >= 4 is 9.84 Å². The molecule has 0 radical (unpaired) electrons. The van der Waals surface area contributed by atoms with Gasteiger partial charge in [-0.15, -0.1) is 0 Å². The molecule has 3 unspecified atom stereocenters. The topological polar surface area (TPSA) is 64.6 Å². The first-order valence-corrected chi connectivity index (χ1v) is 9.93. The smallest absolute Gasteiger partial charge is 0.150 e. The molecule has 0 aromatic heterocycles. The molecular weight excluding hydrogens is 290 g/mol. The van der Waals surface area contributed by atoms with Crippen LogP contribution in [0.25, 0.3) is 0 Å². The van der Waals surface area contributed by atoms with Crippen molar-refractivity contribution in [2.24, 2.45) is 5.92 Å². The van der Waals surface area contributed by atoms with Crippen LogP contribution >= 0.6 is 0 Å². The lowest BCUT2D eigenvalue weighted by molar-refractivity contribution is 0.0615. The number of nitrogens with one attached hydrogen (secondary N) is 1. The second kappa shape index (κ2) is 9.77. The second-order valence-corrected chi connectivity index (χ2v) is 8.26. The van der Waals surface area contributed by atoms with Crippen LogP contribution in [0.15, 0.2) is 0 Å². The monoisotopic (exact) mass is 321 g/mol. The minimum Gasteiger partial charge on any atom is -0.382 e. The van der Waals surface area contributed by atoms with Crippen molar-refractivity contribution in [3.8, 4) is 0 Å². The predicted molar refractivity (Wildman–Crippen MR) is 85.4 cm³/mol. The maximum atomic E-state index is 11.8. The summed E-state index contributed by atoms with van der Waals surface area (Å²) in [6.07, 6.45) is 6.03. The molecule has 0 spiro atoms. The molecule has 5 nitrogen and oxygen atoms in total. The zero-order chi connectivity index (χ0) is 15.7. The van der Waals surface area contributed by atoms with Crippen LogP contribution in [-0.2, 0) is 19.3 Å². The van der Waals surface area contributed by atoms with Crippen molar-refractivity contribution in [2.75, 3.05) is 39.7 Å². The largest absolute Gasteiger partial charge is 0.382 e. The third-order valence-electron chi connectivity index (χ3n) is 4.31. The molecule has 1 rings (SSSR count). The van der Waals surface area contributed by atoms with Gasteiger partial charge in [-0.3, -0.25) is 0 Å². The van der Waals surface area contributed by atoms with Crippen LogP contribution in [0.3, 0.4) is 0 Å². The number of hydrogen-bond donors (Lipinski definition) is 1. The van der Waals surface area contributed by atoms with Gasteiger partial charge in [0.1, 0.15) is 9.84 Å². The molecule has 3 atom stereocenters. The van der Waals surface area contributed by atoms with Crippen LogP contribution in [0.5, 0.6) is 0 Å². The lowest BCUT2D eigenvalue weighted by Crippen LogP contribution is -2.41. The van der Waals surface area contributed by atoms with E-state index >= 15 is 0 Å². The first kappa shape index (κ1) is 18.9. The summed E-state index contributed by atoms with van der Waals surface area (Å²) in [7, 11) is -1.25. The minimum absolute atomic E-state index is 0.160. The highest BCUT2D eigenvalue weighted by Crippen LogP contribution is 2.31. The van der Waals surface area contributed by atoms with Gasteiger partial charge in [-0.2, -0.15) is 0 Å². The summed E-state index contributed by atoms with van der Waals surface area (Å²) in [5.74, 6) is 0.435. The van der Waals surface area contributed by atoms with Gasteiger partial charge in [-0.25, -0.2) is 8.42 Å². The third kappa shape index (κ3) is 7.08. The average molecular weight is 321 g/mol. The van der Waals surface area contributed by atoms with E-state index in [2.05, 4.69) is 12.2 Å². The summed E-state index contributed by atoms with van der Waals surface area (Å²) in [5, 5.41) is 3.35. The normalized spacial score (nSPS) is 24.9. The molecule has 1 fully saturated rings. The van der Waals surface area contributed by atoms with Gasteiger partial charge in [-0.05, 0) is 38.1 Å². The molecule has 0 heterocycles. The molecule has 0 bridgehead atoms. The molecule has 1 saturated carbocycles. The molecule has 0 aromatic rings. The molecule has 0 saturated heterocycles. The first-order valence-electron chi connectivity index (χ1n) is 7.98.